The Morgan fingerprint density at radius 2 is 1.81 bits per heavy atom. The first kappa shape index (κ1) is 27.3. The molecule has 4 heterocycles. The standard InChI is InChI=1S/C33H33N7O2/c1-21-6-11-28(37-32(41)24-9-7-23(8-10-24)25-5-4-14-40(3)20-25)16-30(21)39-33-35-13-12-29(38-33)26-15-27(19-34-18-26)31-22(2)17-36-42-31/h6-13,15-19,25H,4-5,14,20H2,1-3H3,(H,37,41)(H,35,38,39). The molecule has 0 saturated carbocycles. The van der Waals surface area contributed by atoms with E-state index in [0.717, 1.165) is 41.0 Å². The van der Waals surface area contributed by atoms with E-state index in [1.807, 2.05) is 56.3 Å². The van der Waals surface area contributed by atoms with Crippen LogP contribution in [0.25, 0.3) is 22.6 Å². The molecule has 0 spiro atoms. The zero-order valence-corrected chi connectivity index (χ0v) is 24.0. The third-order valence-electron chi connectivity index (χ3n) is 7.71. The molecule has 9 nitrogen and oxygen atoms in total. The predicted molar refractivity (Wildman–Crippen MR) is 164 cm³/mol. The van der Waals surface area contributed by atoms with E-state index < -0.39 is 0 Å². The number of hydrogen-bond acceptors (Lipinski definition) is 8. The lowest BCUT2D eigenvalue weighted by Gasteiger charge is -2.30. The fourth-order valence-corrected chi connectivity index (χ4v) is 5.36. The number of likely N-dealkylation sites (N-methyl/N-ethyl adjacent to an activating group) is 1. The second kappa shape index (κ2) is 11.9. The number of amides is 1. The number of piperidine rings is 1. The van der Waals surface area contributed by atoms with E-state index in [1.54, 1.807) is 24.8 Å². The quantitative estimate of drug-likeness (QED) is 0.229. The molecule has 0 aliphatic carbocycles. The minimum Gasteiger partial charge on any atom is -0.356 e. The van der Waals surface area contributed by atoms with Crippen LogP contribution in [0.3, 0.4) is 0 Å². The normalized spacial score (nSPS) is 15.4. The van der Waals surface area contributed by atoms with Gasteiger partial charge >= 0.3 is 0 Å². The first-order valence-corrected chi connectivity index (χ1v) is 14.1. The molecule has 0 bridgehead atoms. The Bertz CT molecular complexity index is 1710. The number of carbonyl (C=O) groups is 1. The first-order valence-electron chi connectivity index (χ1n) is 14.1. The number of carbonyl (C=O) groups excluding carboxylic acids is 1. The molecule has 212 valence electrons. The minimum absolute atomic E-state index is 0.148. The maximum atomic E-state index is 13.1. The van der Waals surface area contributed by atoms with Crippen LogP contribution in [0.2, 0.25) is 0 Å². The Hall–Kier alpha value is -4.89. The fourth-order valence-electron chi connectivity index (χ4n) is 5.36. The van der Waals surface area contributed by atoms with Gasteiger partial charge in [0, 0.05) is 58.8 Å². The van der Waals surface area contributed by atoms with E-state index in [1.165, 1.54) is 18.4 Å². The molecule has 5 aromatic rings. The van der Waals surface area contributed by atoms with Crippen LogP contribution in [0.5, 0.6) is 0 Å². The molecule has 1 amide bonds. The van der Waals surface area contributed by atoms with Gasteiger partial charge in [-0.15, -0.1) is 0 Å². The second-order valence-corrected chi connectivity index (χ2v) is 10.9. The number of aryl methyl sites for hydroxylation is 2. The van der Waals surface area contributed by atoms with Crippen LogP contribution in [-0.4, -0.2) is 51.1 Å². The number of benzene rings is 2. The van der Waals surface area contributed by atoms with Crippen molar-refractivity contribution in [1.82, 2.24) is 25.0 Å². The third kappa shape index (κ3) is 6.06. The number of rotatable bonds is 7. The van der Waals surface area contributed by atoms with Crippen LogP contribution in [0.15, 0.2) is 83.9 Å². The number of likely N-dealkylation sites (tertiary alicyclic amines) is 1. The minimum atomic E-state index is -0.148. The van der Waals surface area contributed by atoms with E-state index in [-0.39, 0.29) is 5.91 Å². The molecule has 3 aromatic heterocycles. The number of nitrogens with zero attached hydrogens (tertiary/aromatic N) is 5. The van der Waals surface area contributed by atoms with Gasteiger partial charge in [-0.2, -0.15) is 0 Å². The Labute approximate surface area is 245 Å². The monoisotopic (exact) mass is 559 g/mol. The zero-order chi connectivity index (χ0) is 29.1. The second-order valence-electron chi connectivity index (χ2n) is 10.9. The highest BCUT2D eigenvalue weighted by molar-refractivity contribution is 6.04. The Kier molecular flexibility index (Phi) is 7.74. The summed E-state index contributed by atoms with van der Waals surface area (Å²) >= 11 is 0. The first-order chi connectivity index (χ1) is 20.4. The van der Waals surface area contributed by atoms with E-state index in [2.05, 4.69) is 49.8 Å². The molecule has 42 heavy (non-hydrogen) atoms. The van der Waals surface area contributed by atoms with Gasteiger partial charge in [-0.05, 0) is 93.7 Å². The summed E-state index contributed by atoms with van der Waals surface area (Å²) in [6.45, 7) is 6.14. The maximum absolute atomic E-state index is 13.1. The van der Waals surface area contributed by atoms with E-state index in [4.69, 9.17) is 9.51 Å². The van der Waals surface area contributed by atoms with Crippen molar-refractivity contribution >= 4 is 23.2 Å². The van der Waals surface area contributed by atoms with Gasteiger partial charge in [-0.3, -0.25) is 9.78 Å². The highest BCUT2D eigenvalue weighted by atomic mass is 16.5. The largest absolute Gasteiger partial charge is 0.356 e. The van der Waals surface area contributed by atoms with Gasteiger partial charge in [-0.1, -0.05) is 23.4 Å². The lowest BCUT2D eigenvalue weighted by Crippen LogP contribution is -2.30. The van der Waals surface area contributed by atoms with Gasteiger partial charge in [0.25, 0.3) is 5.91 Å². The highest BCUT2D eigenvalue weighted by Gasteiger charge is 2.19. The van der Waals surface area contributed by atoms with Gasteiger partial charge in [0.1, 0.15) is 0 Å². The van der Waals surface area contributed by atoms with Crippen molar-refractivity contribution in [1.29, 1.82) is 0 Å². The number of nitrogens with one attached hydrogen (secondary N) is 2. The van der Waals surface area contributed by atoms with Crippen LogP contribution in [0, 0.1) is 13.8 Å². The number of anilines is 3. The van der Waals surface area contributed by atoms with Gasteiger partial charge in [0.15, 0.2) is 5.76 Å². The average molecular weight is 560 g/mol. The van der Waals surface area contributed by atoms with Crippen LogP contribution in [0.4, 0.5) is 17.3 Å². The molecule has 2 aromatic carbocycles. The molecular formula is C33H33N7O2. The van der Waals surface area contributed by atoms with Crippen molar-refractivity contribution < 1.29 is 9.32 Å². The summed E-state index contributed by atoms with van der Waals surface area (Å²) in [4.78, 5) is 28.9. The lowest BCUT2D eigenvalue weighted by atomic mass is 9.90. The molecule has 1 fully saturated rings. The number of aromatic nitrogens is 4. The summed E-state index contributed by atoms with van der Waals surface area (Å²) < 4.78 is 5.39. The molecule has 6 rings (SSSR count). The molecular weight excluding hydrogens is 526 g/mol. The molecule has 1 aliphatic rings. The summed E-state index contributed by atoms with van der Waals surface area (Å²) in [6, 6.07) is 17.5. The van der Waals surface area contributed by atoms with E-state index >= 15 is 0 Å². The predicted octanol–water partition coefficient (Wildman–Crippen LogP) is 6.62. The molecule has 1 atom stereocenters. The molecule has 1 saturated heterocycles. The maximum Gasteiger partial charge on any atom is 0.255 e. The smallest absolute Gasteiger partial charge is 0.255 e. The van der Waals surface area contributed by atoms with Crippen molar-refractivity contribution in [3.05, 3.63) is 102 Å². The summed E-state index contributed by atoms with van der Waals surface area (Å²) in [7, 11) is 2.17. The van der Waals surface area contributed by atoms with Crippen LogP contribution >= 0.6 is 0 Å². The topological polar surface area (TPSA) is 109 Å². The summed E-state index contributed by atoms with van der Waals surface area (Å²) in [5.41, 5.74) is 7.69. The molecule has 0 radical (unpaired) electrons. The summed E-state index contributed by atoms with van der Waals surface area (Å²) in [6.07, 6.45) is 9.27. The van der Waals surface area contributed by atoms with Gasteiger partial charge in [0.2, 0.25) is 5.95 Å². The van der Waals surface area contributed by atoms with Crippen LogP contribution in [-0.2, 0) is 0 Å². The van der Waals surface area contributed by atoms with Crippen molar-refractivity contribution in [2.75, 3.05) is 30.8 Å². The Morgan fingerprint density at radius 1 is 0.976 bits per heavy atom. The summed E-state index contributed by atoms with van der Waals surface area (Å²) in [5, 5.41) is 10.2. The molecule has 1 aliphatic heterocycles. The molecule has 1 unspecified atom stereocenters. The number of hydrogen-bond donors (Lipinski definition) is 2. The van der Waals surface area contributed by atoms with Gasteiger partial charge in [0.05, 0.1) is 11.9 Å². The van der Waals surface area contributed by atoms with E-state index in [0.29, 0.717) is 34.6 Å². The zero-order valence-electron chi connectivity index (χ0n) is 24.0. The lowest BCUT2D eigenvalue weighted by molar-refractivity contribution is 0.102. The van der Waals surface area contributed by atoms with Crippen LogP contribution in [0.1, 0.15) is 45.8 Å². The Balaban J connectivity index is 1.16. The van der Waals surface area contributed by atoms with Gasteiger partial charge in [-0.25, -0.2) is 9.97 Å². The molecule has 2 N–H and O–H groups in total. The average Bonchev–Trinajstić information content (AvgIpc) is 3.45. The molecule has 9 heteroatoms. The van der Waals surface area contributed by atoms with Gasteiger partial charge < -0.3 is 20.1 Å². The summed E-state index contributed by atoms with van der Waals surface area (Å²) in [5.74, 6) is 1.48. The van der Waals surface area contributed by atoms with Crippen molar-refractivity contribution in [3.63, 3.8) is 0 Å². The van der Waals surface area contributed by atoms with Crippen LogP contribution < -0.4 is 10.6 Å². The Morgan fingerprint density at radius 3 is 2.60 bits per heavy atom. The highest BCUT2D eigenvalue weighted by Crippen LogP contribution is 2.29. The van der Waals surface area contributed by atoms with Crippen molar-refractivity contribution in [2.45, 2.75) is 32.6 Å². The van der Waals surface area contributed by atoms with E-state index in [9.17, 15) is 4.79 Å². The van der Waals surface area contributed by atoms with Crippen molar-refractivity contribution in [3.8, 4) is 22.6 Å². The SMILES string of the molecule is Cc1ccc(NC(=O)c2ccc(C3CCCN(C)C3)cc2)cc1Nc1nccc(-c2cncc(-c3oncc3C)c2)n1. The fraction of sp³-hybridized carbons (Fsp3) is 0.242. The number of pyridine rings is 1. The third-order valence-corrected chi connectivity index (χ3v) is 7.71. The van der Waals surface area contributed by atoms with Crippen molar-refractivity contribution in [2.24, 2.45) is 0 Å².